The van der Waals surface area contributed by atoms with Crippen molar-refractivity contribution in [2.45, 2.75) is 18.4 Å². The van der Waals surface area contributed by atoms with E-state index in [1.165, 1.54) is 0 Å². The SMILES string of the molecule is CSCc1nc2ccccc2n1CC(=O)NC[C@H]1CN(C)CCO1. The summed E-state index contributed by atoms with van der Waals surface area (Å²) in [5.74, 6) is 1.73. The van der Waals surface area contributed by atoms with Gasteiger partial charge in [0.05, 0.1) is 29.5 Å². The molecule has 130 valence electrons. The Bertz CT molecular complexity index is 703. The number of imidazole rings is 1. The number of nitrogens with one attached hydrogen (secondary N) is 1. The average Bonchev–Trinajstić information content (AvgIpc) is 2.91. The molecule has 1 aromatic heterocycles. The van der Waals surface area contributed by atoms with Gasteiger partial charge in [0, 0.05) is 19.6 Å². The number of aromatic nitrogens is 2. The van der Waals surface area contributed by atoms with Crippen LogP contribution in [0.25, 0.3) is 11.0 Å². The molecule has 0 aliphatic carbocycles. The molecule has 1 aromatic carbocycles. The van der Waals surface area contributed by atoms with E-state index in [-0.39, 0.29) is 12.0 Å². The number of likely N-dealkylation sites (N-methyl/N-ethyl adjacent to an activating group) is 1. The van der Waals surface area contributed by atoms with E-state index in [1.54, 1.807) is 11.8 Å². The molecule has 1 fully saturated rings. The molecule has 1 N–H and O–H groups in total. The van der Waals surface area contributed by atoms with Crippen LogP contribution in [0.2, 0.25) is 0 Å². The molecule has 1 amide bonds. The maximum absolute atomic E-state index is 12.4. The predicted octanol–water partition coefficient (Wildman–Crippen LogP) is 1.35. The molecule has 7 heteroatoms. The van der Waals surface area contributed by atoms with Gasteiger partial charge in [-0.15, -0.1) is 0 Å². The second-order valence-electron chi connectivity index (χ2n) is 6.10. The number of rotatable bonds is 6. The molecule has 0 unspecified atom stereocenters. The summed E-state index contributed by atoms with van der Waals surface area (Å²) < 4.78 is 7.70. The summed E-state index contributed by atoms with van der Waals surface area (Å²) in [4.78, 5) is 19.3. The van der Waals surface area contributed by atoms with Crippen LogP contribution in [0.3, 0.4) is 0 Å². The van der Waals surface area contributed by atoms with E-state index in [9.17, 15) is 4.79 Å². The Kier molecular flexibility index (Phi) is 5.76. The lowest BCUT2D eigenvalue weighted by atomic mass is 10.3. The average molecular weight is 348 g/mol. The topological polar surface area (TPSA) is 59.4 Å². The number of fused-ring (bicyclic) bond motifs is 1. The maximum Gasteiger partial charge on any atom is 0.240 e. The van der Waals surface area contributed by atoms with Crippen molar-refractivity contribution in [3.63, 3.8) is 0 Å². The van der Waals surface area contributed by atoms with E-state index < -0.39 is 0 Å². The highest BCUT2D eigenvalue weighted by molar-refractivity contribution is 7.97. The number of para-hydroxylation sites is 2. The van der Waals surface area contributed by atoms with Crippen LogP contribution in [0.15, 0.2) is 24.3 Å². The number of nitrogens with zero attached hydrogens (tertiary/aromatic N) is 3. The highest BCUT2D eigenvalue weighted by Gasteiger charge is 2.19. The van der Waals surface area contributed by atoms with Gasteiger partial charge in [-0.25, -0.2) is 4.98 Å². The second kappa shape index (κ2) is 8.00. The molecule has 0 spiro atoms. The molecule has 24 heavy (non-hydrogen) atoms. The summed E-state index contributed by atoms with van der Waals surface area (Å²) in [7, 11) is 2.07. The number of carbonyl (C=O) groups is 1. The smallest absolute Gasteiger partial charge is 0.240 e. The third-order valence-electron chi connectivity index (χ3n) is 4.18. The van der Waals surface area contributed by atoms with Crippen LogP contribution >= 0.6 is 11.8 Å². The molecule has 2 heterocycles. The molecule has 6 nitrogen and oxygen atoms in total. The van der Waals surface area contributed by atoms with E-state index >= 15 is 0 Å². The van der Waals surface area contributed by atoms with Gasteiger partial charge in [-0.05, 0) is 25.4 Å². The lowest BCUT2D eigenvalue weighted by Gasteiger charge is -2.30. The maximum atomic E-state index is 12.4. The van der Waals surface area contributed by atoms with Crippen molar-refractivity contribution in [1.82, 2.24) is 19.8 Å². The van der Waals surface area contributed by atoms with Gasteiger partial charge in [0.25, 0.3) is 0 Å². The Labute approximate surface area is 146 Å². The number of amides is 1. The normalized spacial score (nSPS) is 18.8. The first-order chi connectivity index (χ1) is 11.7. The fourth-order valence-corrected chi connectivity index (χ4v) is 3.44. The van der Waals surface area contributed by atoms with Crippen molar-refractivity contribution >= 4 is 28.7 Å². The lowest BCUT2D eigenvalue weighted by Crippen LogP contribution is -2.46. The lowest BCUT2D eigenvalue weighted by molar-refractivity contribution is -0.122. The van der Waals surface area contributed by atoms with Crippen LogP contribution in [0.5, 0.6) is 0 Å². The Balaban J connectivity index is 1.65. The largest absolute Gasteiger partial charge is 0.374 e. The quantitative estimate of drug-likeness (QED) is 0.854. The zero-order chi connectivity index (χ0) is 16.9. The first-order valence-electron chi connectivity index (χ1n) is 8.17. The third-order valence-corrected chi connectivity index (χ3v) is 4.72. The van der Waals surface area contributed by atoms with Crippen LogP contribution in [0.1, 0.15) is 5.82 Å². The molecule has 3 rings (SSSR count). The first kappa shape index (κ1) is 17.3. The molecule has 2 aromatic rings. The second-order valence-corrected chi connectivity index (χ2v) is 6.96. The Morgan fingerprint density at radius 3 is 3.08 bits per heavy atom. The zero-order valence-corrected chi connectivity index (χ0v) is 15.0. The minimum atomic E-state index is -0.00247. The number of hydrogen-bond acceptors (Lipinski definition) is 5. The van der Waals surface area contributed by atoms with Gasteiger partial charge in [-0.1, -0.05) is 12.1 Å². The van der Waals surface area contributed by atoms with E-state index in [4.69, 9.17) is 4.74 Å². The van der Waals surface area contributed by atoms with Crippen LogP contribution in [0, 0.1) is 0 Å². The van der Waals surface area contributed by atoms with Crippen LogP contribution in [-0.2, 0) is 21.8 Å². The van der Waals surface area contributed by atoms with E-state index in [0.29, 0.717) is 13.1 Å². The summed E-state index contributed by atoms with van der Waals surface area (Å²) in [5.41, 5.74) is 1.94. The van der Waals surface area contributed by atoms with Gasteiger partial charge in [0.1, 0.15) is 12.4 Å². The highest BCUT2D eigenvalue weighted by atomic mass is 32.2. The number of hydrogen-bond donors (Lipinski definition) is 1. The van der Waals surface area contributed by atoms with E-state index in [0.717, 1.165) is 42.3 Å². The molecular weight excluding hydrogens is 324 g/mol. The minimum Gasteiger partial charge on any atom is -0.374 e. The third kappa shape index (κ3) is 4.09. The number of benzene rings is 1. The predicted molar refractivity (Wildman–Crippen MR) is 97.2 cm³/mol. The van der Waals surface area contributed by atoms with Gasteiger partial charge in [0.15, 0.2) is 0 Å². The van der Waals surface area contributed by atoms with Crippen molar-refractivity contribution in [1.29, 1.82) is 0 Å². The van der Waals surface area contributed by atoms with Gasteiger partial charge < -0.3 is 19.5 Å². The monoisotopic (exact) mass is 348 g/mol. The van der Waals surface area contributed by atoms with Crippen molar-refractivity contribution in [2.75, 3.05) is 39.5 Å². The van der Waals surface area contributed by atoms with Gasteiger partial charge in [0.2, 0.25) is 5.91 Å². The molecule has 1 aliphatic heterocycles. The molecule has 1 saturated heterocycles. The summed E-state index contributed by atoms with van der Waals surface area (Å²) in [6, 6.07) is 7.95. The van der Waals surface area contributed by atoms with Crippen molar-refractivity contribution in [2.24, 2.45) is 0 Å². The fourth-order valence-electron chi connectivity index (χ4n) is 2.96. The summed E-state index contributed by atoms with van der Waals surface area (Å²) in [5, 5.41) is 3.00. The van der Waals surface area contributed by atoms with Gasteiger partial charge in [-0.3, -0.25) is 4.79 Å². The highest BCUT2D eigenvalue weighted by Crippen LogP contribution is 2.18. The first-order valence-corrected chi connectivity index (χ1v) is 9.56. The number of morpholine rings is 1. The minimum absolute atomic E-state index is 0.00247. The van der Waals surface area contributed by atoms with Crippen LogP contribution < -0.4 is 5.32 Å². The summed E-state index contributed by atoms with van der Waals surface area (Å²) >= 11 is 1.71. The van der Waals surface area contributed by atoms with Crippen molar-refractivity contribution < 1.29 is 9.53 Å². The molecule has 0 radical (unpaired) electrons. The molecule has 0 bridgehead atoms. The van der Waals surface area contributed by atoms with Gasteiger partial charge >= 0.3 is 0 Å². The summed E-state index contributed by atoms with van der Waals surface area (Å²) in [6.45, 7) is 3.36. The standard InChI is InChI=1S/C17H24N4O2S/c1-20-7-8-23-13(10-20)9-18-17(22)11-21-15-6-4-3-5-14(15)19-16(21)12-24-2/h3-6,13H,7-12H2,1-2H3,(H,18,22)/t13-/m0/s1. The Morgan fingerprint density at radius 2 is 2.29 bits per heavy atom. The molecule has 1 atom stereocenters. The van der Waals surface area contributed by atoms with Crippen LogP contribution in [0.4, 0.5) is 0 Å². The molecular formula is C17H24N4O2S. The van der Waals surface area contributed by atoms with Crippen LogP contribution in [-0.4, -0.2) is 66.0 Å². The number of ether oxygens (including phenoxy) is 1. The number of carbonyl (C=O) groups excluding carboxylic acids is 1. The van der Waals surface area contributed by atoms with E-state index in [1.807, 2.05) is 35.1 Å². The van der Waals surface area contributed by atoms with Crippen molar-refractivity contribution in [3.05, 3.63) is 30.1 Å². The zero-order valence-electron chi connectivity index (χ0n) is 14.2. The summed E-state index contributed by atoms with van der Waals surface area (Å²) in [6.07, 6.45) is 2.11. The Hall–Kier alpha value is -1.57. The molecule has 1 aliphatic rings. The Morgan fingerprint density at radius 1 is 1.46 bits per heavy atom. The molecule has 0 saturated carbocycles. The van der Waals surface area contributed by atoms with Gasteiger partial charge in [-0.2, -0.15) is 11.8 Å². The van der Waals surface area contributed by atoms with Crippen molar-refractivity contribution in [3.8, 4) is 0 Å². The van der Waals surface area contributed by atoms with E-state index in [2.05, 4.69) is 22.2 Å². The fraction of sp³-hybridized carbons (Fsp3) is 0.529. The number of thioether (sulfide) groups is 1.